The molecule has 0 aromatic heterocycles. The Bertz CT molecular complexity index is 304. The van der Waals surface area contributed by atoms with Crippen molar-refractivity contribution in [3.8, 4) is 0 Å². The Morgan fingerprint density at radius 2 is 2.07 bits per heavy atom. The summed E-state index contributed by atoms with van der Waals surface area (Å²) in [6.07, 6.45) is 2.28. The van der Waals surface area contributed by atoms with Gasteiger partial charge in [0.2, 0.25) is 0 Å². The molecule has 1 aromatic rings. The van der Waals surface area contributed by atoms with E-state index in [9.17, 15) is 5.11 Å². The molecule has 1 unspecified atom stereocenters. The van der Waals surface area contributed by atoms with Crippen molar-refractivity contribution in [1.29, 1.82) is 0 Å². The van der Waals surface area contributed by atoms with Gasteiger partial charge in [-0.25, -0.2) is 0 Å². The molecular weight excluding hydrogens is 239 g/mol. The van der Waals surface area contributed by atoms with E-state index in [1.807, 2.05) is 12.3 Å². The maximum absolute atomic E-state index is 9.57. The Balaban J connectivity index is 2.63. The van der Waals surface area contributed by atoms with Gasteiger partial charge < -0.3 is 5.11 Å². The van der Waals surface area contributed by atoms with Crippen LogP contribution in [0.4, 0.5) is 0 Å². The van der Waals surface area contributed by atoms with E-state index in [-0.39, 0.29) is 6.10 Å². The Morgan fingerprint density at radius 3 is 2.64 bits per heavy atom. The first kappa shape index (κ1) is 12.2. The van der Waals surface area contributed by atoms with Crippen molar-refractivity contribution in [2.75, 3.05) is 12.0 Å². The lowest BCUT2D eigenvalue weighted by atomic mass is 10.1. The lowest BCUT2D eigenvalue weighted by molar-refractivity contribution is 0.200. The molecular formula is C10H12Cl2OS. The molecule has 0 spiro atoms. The lowest BCUT2D eigenvalue weighted by Crippen LogP contribution is -2.13. The highest BCUT2D eigenvalue weighted by Gasteiger charge is 2.06. The number of halogens is 2. The maximum atomic E-state index is 9.57. The second kappa shape index (κ2) is 5.86. The van der Waals surface area contributed by atoms with Crippen molar-refractivity contribution in [2.24, 2.45) is 0 Å². The average molecular weight is 251 g/mol. The normalized spacial score (nSPS) is 12.9. The van der Waals surface area contributed by atoms with E-state index in [2.05, 4.69) is 0 Å². The fourth-order valence-electron chi connectivity index (χ4n) is 1.19. The molecule has 4 heteroatoms. The highest BCUT2D eigenvalue weighted by atomic mass is 35.5. The quantitative estimate of drug-likeness (QED) is 0.886. The van der Waals surface area contributed by atoms with Crippen LogP contribution in [0.25, 0.3) is 0 Å². The first-order valence-electron chi connectivity index (χ1n) is 4.24. The van der Waals surface area contributed by atoms with Gasteiger partial charge in [-0.1, -0.05) is 29.3 Å². The molecule has 0 amide bonds. The van der Waals surface area contributed by atoms with Crippen LogP contribution in [0, 0.1) is 0 Å². The predicted molar refractivity (Wildman–Crippen MR) is 64.6 cm³/mol. The Morgan fingerprint density at radius 1 is 1.36 bits per heavy atom. The van der Waals surface area contributed by atoms with E-state index in [1.54, 1.807) is 23.9 Å². The van der Waals surface area contributed by atoms with Crippen LogP contribution in [0.2, 0.25) is 10.0 Å². The number of thioether (sulfide) groups is 1. The molecule has 0 aliphatic rings. The Kier molecular flexibility index (Phi) is 5.10. The summed E-state index contributed by atoms with van der Waals surface area (Å²) in [5, 5.41) is 10.7. The van der Waals surface area contributed by atoms with E-state index in [4.69, 9.17) is 23.2 Å². The molecule has 0 radical (unpaired) electrons. The van der Waals surface area contributed by atoms with Crippen molar-refractivity contribution in [3.63, 3.8) is 0 Å². The minimum Gasteiger partial charge on any atom is -0.392 e. The van der Waals surface area contributed by atoms with Crippen LogP contribution in [-0.2, 0) is 6.42 Å². The van der Waals surface area contributed by atoms with Crippen LogP contribution >= 0.6 is 35.0 Å². The number of hydrogen-bond donors (Lipinski definition) is 1. The van der Waals surface area contributed by atoms with Crippen LogP contribution < -0.4 is 0 Å². The first-order valence-corrected chi connectivity index (χ1v) is 6.39. The molecule has 0 saturated carbocycles. The third kappa shape index (κ3) is 3.70. The summed E-state index contributed by atoms with van der Waals surface area (Å²) < 4.78 is 0. The number of benzene rings is 1. The third-order valence-corrected chi connectivity index (χ3v) is 3.27. The minimum absolute atomic E-state index is 0.317. The lowest BCUT2D eigenvalue weighted by Gasteiger charge is -2.09. The topological polar surface area (TPSA) is 20.2 Å². The summed E-state index contributed by atoms with van der Waals surface area (Å²) >= 11 is 13.3. The third-order valence-electron chi connectivity index (χ3n) is 1.81. The Hall–Kier alpha value is 0.110. The molecule has 14 heavy (non-hydrogen) atoms. The highest BCUT2D eigenvalue weighted by molar-refractivity contribution is 7.98. The molecule has 0 aliphatic carbocycles. The van der Waals surface area contributed by atoms with E-state index in [1.165, 1.54) is 0 Å². The second-order valence-corrected chi connectivity index (χ2v) is 4.79. The number of hydrogen-bond acceptors (Lipinski definition) is 2. The van der Waals surface area contributed by atoms with Gasteiger partial charge in [0.05, 0.1) is 16.1 Å². The monoisotopic (exact) mass is 250 g/mol. The van der Waals surface area contributed by atoms with Gasteiger partial charge in [-0.15, -0.1) is 0 Å². The maximum Gasteiger partial charge on any atom is 0.0670 e. The standard InChI is InChI=1S/C10H12Cl2OS/c1-14-6-8(13)4-7-2-3-9(11)10(12)5-7/h2-3,5,8,13H,4,6H2,1H3. The van der Waals surface area contributed by atoms with Gasteiger partial charge in [-0.3, -0.25) is 0 Å². The summed E-state index contributed by atoms with van der Waals surface area (Å²) in [5.41, 5.74) is 1.01. The van der Waals surface area contributed by atoms with Crippen molar-refractivity contribution in [1.82, 2.24) is 0 Å². The number of aliphatic hydroxyl groups excluding tert-OH is 1. The van der Waals surface area contributed by atoms with E-state index >= 15 is 0 Å². The van der Waals surface area contributed by atoms with Crippen LogP contribution in [0.15, 0.2) is 18.2 Å². The van der Waals surface area contributed by atoms with Crippen molar-refractivity contribution in [2.45, 2.75) is 12.5 Å². The summed E-state index contributed by atoms with van der Waals surface area (Å²) in [4.78, 5) is 0. The summed E-state index contributed by atoms with van der Waals surface area (Å²) in [6, 6.07) is 5.44. The largest absolute Gasteiger partial charge is 0.392 e. The van der Waals surface area contributed by atoms with Gasteiger partial charge in [-0.2, -0.15) is 11.8 Å². The van der Waals surface area contributed by atoms with E-state index < -0.39 is 0 Å². The average Bonchev–Trinajstić information content (AvgIpc) is 2.12. The Labute approximate surface area is 98.4 Å². The molecule has 1 nitrogen and oxygen atoms in total. The van der Waals surface area contributed by atoms with Crippen LogP contribution in [-0.4, -0.2) is 23.2 Å². The molecule has 1 aromatic carbocycles. The van der Waals surface area contributed by atoms with Gasteiger partial charge in [0.15, 0.2) is 0 Å². The summed E-state index contributed by atoms with van der Waals surface area (Å²) in [7, 11) is 0. The van der Waals surface area contributed by atoms with Crippen LogP contribution in [0.1, 0.15) is 5.56 Å². The van der Waals surface area contributed by atoms with Crippen molar-refractivity contribution >= 4 is 35.0 Å². The van der Waals surface area contributed by atoms with Gasteiger partial charge in [0.25, 0.3) is 0 Å². The van der Waals surface area contributed by atoms with Crippen molar-refractivity contribution < 1.29 is 5.11 Å². The minimum atomic E-state index is -0.317. The molecule has 0 fully saturated rings. The fourth-order valence-corrected chi connectivity index (χ4v) is 2.01. The first-order chi connectivity index (χ1) is 6.63. The smallest absolute Gasteiger partial charge is 0.0670 e. The predicted octanol–water partition coefficient (Wildman–Crippen LogP) is 3.26. The van der Waals surface area contributed by atoms with Gasteiger partial charge in [-0.05, 0) is 30.4 Å². The van der Waals surface area contributed by atoms with Crippen LogP contribution in [0.5, 0.6) is 0 Å². The molecule has 0 saturated heterocycles. The van der Waals surface area contributed by atoms with Gasteiger partial charge in [0.1, 0.15) is 0 Å². The van der Waals surface area contributed by atoms with E-state index in [0.717, 1.165) is 11.3 Å². The van der Waals surface area contributed by atoms with Crippen LogP contribution in [0.3, 0.4) is 0 Å². The summed E-state index contributed by atoms with van der Waals surface area (Å²) in [5.74, 6) is 0.736. The number of aliphatic hydroxyl groups is 1. The second-order valence-electron chi connectivity index (χ2n) is 3.06. The molecule has 0 heterocycles. The number of rotatable bonds is 4. The molecule has 1 N–H and O–H groups in total. The van der Waals surface area contributed by atoms with Crippen molar-refractivity contribution in [3.05, 3.63) is 33.8 Å². The summed E-state index contributed by atoms with van der Waals surface area (Å²) in [6.45, 7) is 0. The highest BCUT2D eigenvalue weighted by Crippen LogP contribution is 2.23. The zero-order chi connectivity index (χ0) is 10.6. The zero-order valence-electron chi connectivity index (χ0n) is 7.84. The molecule has 1 atom stereocenters. The molecule has 0 bridgehead atoms. The molecule has 1 rings (SSSR count). The van der Waals surface area contributed by atoms with E-state index in [0.29, 0.717) is 16.5 Å². The zero-order valence-corrected chi connectivity index (χ0v) is 10.2. The molecule has 0 aliphatic heterocycles. The fraction of sp³-hybridized carbons (Fsp3) is 0.400. The molecule has 78 valence electrons. The SMILES string of the molecule is CSCC(O)Cc1ccc(Cl)c(Cl)c1. The van der Waals surface area contributed by atoms with Gasteiger partial charge in [0, 0.05) is 5.75 Å². The van der Waals surface area contributed by atoms with Gasteiger partial charge >= 0.3 is 0 Å².